The lowest BCUT2D eigenvalue weighted by atomic mass is 10.1. The molecule has 0 atom stereocenters. The van der Waals surface area contributed by atoms with E-state index in [1.165, 1.54) is 6.42 Å². The Kier molecular flexibility index (Phi) is 6.76. The fourth-order valence-electron chi connectivity index (χ4n) is 3.55. The molecule has 0 saturated carbocycles. The van der Waals surface area contributed by atoms with Crippen molar-refractivity contribution in [2.75, 3.05) is 6.54 Å². The van der Waals surface area contributed by atoms with Gasteiger partial charge in [0.05, 0.1) is 5.70 Å². The van der Waals surface area contributed by atoms with Crippen LogP contribution in [0.2, 0.25) is 0 Å². The summed E-state index contributed by atoms with van der Waals surface area (Å²) in [4.78, 5) is 2.14. The molecule has 1 aromatic carbocycles. The van der Waals surface area contributed by atoms with Gasteiger partial charge in [-0.3, -0.25) is 0 Å². The van der Waals surface area contributed by atoms with Gasteiger partial charge < -0.3 is 9.47 Å². The average Bonchev–Trinajstić information content (AvgIpc) is 3.21. The van der Waals surface area contributed by atoms with Gasteiger partial charge >= 0.3 is 0 Å². The Hall–Kier alpha value is -2.30. The van der Waals surface area contributed by atoms with Crippen LogP contribution < -0.4 is 0 Å². The van der Waals surface area contributed by atoms with Gasteiger partial charge in [0.2, 0.25) is 0 Å². The number of halogens is 1. The molecule has 0 aliphatic carbocycles. The maximum absolute atomic E-state index is 10.00. The highest BCUT2D eigenvalue weighted by molar-refractivity contribution is 8.93. The standard InChI is InChI=1S/C21H21N5S.BrH/c1-2-12-25-18(16-9-5-3-6-10-16)15-27-21(25)17(14-22)20-24-23-19-11-7-4-8-13-26(19)20;/h2-3,5-6,9-10,15H,1,4,7-8,11-13H2;1H/b21-17-;. The lowest BCUT2D eigenvalue weighted by Gasteiger charge is -2.23. The molecule has 144 valence electrons. The highest BCUT2D eigenvalue weighted by Crippen LogP contribution is 2.43. The van der Waals surface area contributed by atoms with E-state index in [0.717, 1.165) is 47.9 Å². The number of hydrogen-bond donors (Lipinski definition) is 0. The second kappa shape index (κ2) is 9.26. The van der Waals surface area contributed by atoms with Gasteiger partial charge in [-0.05, 0) is 18.4 Å². The predicted octanol–water partition coefficient (Wildman–Crippen LogP) is 5.01. The molecule has 0 bridgehead atoms. The second-order valence-corrected chi connectivity index (χ2v) is 7.44. The quantitative estimate of drug-likeness (QED) is 0.478. The summed E-state index contributed by atoms with van der Waals surface area (Å²) in [6, 6.07) is 12.6. The summed E-state index contributed by atoms with van der Waals surface area (Å²) in [6.07, 6.45) is 6.22. The Bertz CT molecular complexity index is 955. The minimum absolute atomic E-state index is 0. The zero-order chi connectivity index (χ0) is 18.6. The van der Waals surface area contributed by atoms with E-state index in [4.69, 9.17) is 0 Å². The van der Waals surface area contributed by atoms with Crippen LogP contribution in [0.3, 0.4) is 0 Å². The third-order valence-corrected chi connectivity index (χ3v) is 5.85. The van der Waals surface area contributed by atoms with E-state index in [1.807, 2.05) is 24.3 Å². The SMILES string of the molecule is Br.C=CCN1C(c2ccccc2)=CS/C1=C(/C#N)c1nnc2n1CCCCC2. The van der Waals surface area contributed by atoms with Gasteiger partial charge in [0.1, 0.15) is 22.5 Å². The van der Waals surface area contributed by atoms with E-state index >= 15 is 0 Å². The summed E-state index contributed by atoms with van der Waals surface area (Å²) in [7, 11) is 0. The molecule has 0 spiro atoms. The van der Waals surface area contributed by atoms with Gasteiger partial charge in [-0.15, -0.1) is 33.8 Å². The Balaban J connectivity index is 0.00000225. The van der Waals surface area contributed by atoms with E-state index in [0.29, 0.717) is 17.9 Å². The highest BCUT2D eigenvalue weighted by atomic mass is 79.9. The molecule has 1 aromatic heterocycles. The monoisotopic (exact) mass is 455 g/mol. The van der Waals surface area contributed by atoms with Crippen LogP contribution in [0.1, 0.15) is 36.5 Å². The molecule has 0 radical (unpaired) electrons. The van der Waals surface area contributed by atoms with Crippen LogP contribution in [0.4, 0.5) is 0 Å². The van der Waals surface area contributed by atoms with Crippen LogP contribution in [0.25, 0.3) is 11.3 Å². The summed E-state index contributed by atoms with van der Waals surface area (Å²) in [5, 5.41) is 21.8. The number of nitrogens with zero attached hydrogens (tertiary/aromatic N) is 5. The first-order chi connectivity index (χ1) is 13.3. The first-order valence-electron chi connectivity index (χ1n) is 9.21. The van der Waals surface area contributed by atoms with Crippen molar-refractivity contribution in [2.24, 2.45) is 0 Å². The van der Waals surface area contributed by atoms with Crippen LogP contribution >= 0.6 is 28.7 Å². The predicted molar refractivity (Wildman–Crippen MR) is 119 cm³/mol. The van der Waals surface area contributed by atoms with Gasteiger partial charge in [-0.2, -0.15) is 5.26 Å². The fourth-order valence-corrected chi connectivity index (χ4v) is 4.59. The lowest BCUT2D eigenvalue weighted by Crippen LogP contribution is -2.18. The molecule has 0 N–H and O–H groups in total. The minimum atomic E-state index is 0. The van der Waals surface area contributed by atoms with Gasteiger partial charge in [0.15, 0.2) is 5.82 Å². The van der Waals surface area contributed by atoms with Crippen LogP contribution in [0.5, 0.6) is 0 Å². The van der Waals surface area contributed by atoms with Crippen molar-refractivity contribution in [3.05, 3.63) is 70.6 Å². The average molecular weight is 456 g/mol. The molecule has 3 heterocycles. The number of aromatic nitrogens is 3. The molecule has 0 fully saturated rings. The van der Waals surface area contributed by atoms with Crippen molar-refractivity contribution in [3.63, 3.8) is 0 Å². The van der Waals surface area contributed by atoms with Crippen molar-refractivity contribution in [1.29, 1.82) is 5.26 Å². The second-order valence-electron chi connectivity index (χ2n) is 6.58. The van der Waals surface area contributed by atoms with Gasteiger partial charge in [0.25, 0.3) is 0 Å². The topological polar surface area (TPSA) is 57.7 Å². The van der Waals surface area contributed by atoms with Crippen molar-refractivity contribution in [3.8, 4) is 6.07 Å². The molecule has 4 rings (SSSR count). The number of thioether (sulfide) groups is 1. The molecule has 0 saturated heterocycles. The number of allylic oxidation sites excluding steroid dienone is 1. The first kappa shape index (κ1) is 20.4. The van der Waals surface area contributed by atoms with E-state index in [9.17, 15) is 5.26 Å². The molecule has 7 heteroatoms. The number of nitriles is 1. The van der Waals surface area contributed by atoms with Gasteiger partial charge in [-0.1, -0.05) is 54.6 Å². The molecular weight excluding hydrogens is 434 g/mol. The Labute approximate surface area is 180 Å². The van der Waals surface area contributed by atoms with Crippen LogP contribution in [-0.4, -0.2) is 26.2 Å². The highest BCUT2D eigenvalue weighted by Gasteiger charge is 2.28. The first-order valence-corrected chi connectivity index (χ1v) is 10.1. The summed E-state index contributed by atoms with van der Waals surface area (Å²) in [6.45, 7) is 5.41. The smallest absolute Gasteiger partial charge is 0.177 e. The molecule has 5 nitrogen and oxygen atoms in total. The van der Waals surface area contributed by atoms with Crippen LogP contribution in [-0.2, 0) is 13.0 Å². The fraction of sp³-hybridized carbons (Fsp3) is 0.286. The zero-order valence-electron chi connectivity index (χ0n) is 15.5. The van der Waals surface area contributed by atoms with Gasteiger partial charge in [-0.25, -0.2) is 0 Å². The van der Waals surface area contributed by atoms with E-state index in [-0.39, 0.29) is 17.0 Å². The largest absolute Gasteiger partial charge is 0.330 e. The maximum Gasteiger partial charge on any atom is 0.177 e. The lowest BCUT2D eigenvalue weighted by molar-refractivity contribution is 0.586. The van der Waals surface area contributed by atoms with Crippen molar-refractivity contribution < 1.29 is 0 Å². The van der Waals surface area contributed by atoms with Crippen LogP contribution in [0.15, 0.2) is 53.4 Å². The van der Waals surface area contributed by atoms with E-state index < -0.39 is 0 Å². The Morgan fingerprint density at radius 1 is 1.21 bits per heavy atom. The van der Waals surface area contributed by atoms with Crippen LogP contribution in [0, 0.1) is 11.3 Å². The third kappa shape index (κ3) is 3.80. The Morgan fingerprint density at radius 2 is 2.04 bits per heavy atom. The molecule has 2 aliphatic heterocycles. The number of benzene rings is 1. The summed E-state index contributed by atoms with van der Waals surface area (Å²) >= 11 is 1.57. The molecule has 2 aliphatic rings. The normalized spacial score (nSPS) is 17.7. The summed E-state index contributed by atoms with van der Waals surface area (Å²) < 4.78 is 2.13. The molecule has 0 unspecified atom stereocenters. The maximum atomic E-state index is 10.00. The van der Waals surface area contributed by atoms with Gasteiger partial charge in [0, 0.05) is 24.9 Å². The number of aryl methyl sites for hydroxylation is 1. The van der Waals surface area contributed by atoms with E-state index in [2.05, 4.69) is 49.9 Å². The number of rotatable bonds is 4. The summed E-state index contributed by atoms with van der Waals surface area (Å²) in [5.41, 5.74) is 2.79. The van der Waals surface area contributed by atoms with E-state index in [1.54, 1.807) is 11.8 Å². The van der Waals surface area contributed by atoms with Crippen molar-refractivity contribution >= 4 is 40.0 Å². The number of hydrogen-bond acceptors (Lipinski definition) is 5. The van der Waals surface area contributed by atoms with Crippen molar-refractivity contribution in [1.82, 2.24) is 19.7 Å². The molecule has 28 heavy (non-hydrogen) atoms. The summed E-state index contributed by atoms with van der Waals surface area (Å²) in [5.74, 6) is 1.68. The third-order valence-electron chi connectivity index (χ3n) is 4.86. The number of fused-ring (bicyclic) bond motifs is 1. The molecule has 2 aromatic rings. The zero-order valence-corrected chi connectivity index (χ0v) is 18.1. The van der Waals surface area contributed by atoms with Crippen molar-refractivity contribution in [2.45, 2.75) is 32.2 Å². The Morgan fingerprint density at radius 3 is 2.79 bits per heavy atom. The minimum Gasteiger partial charge on any atom is -0.330 e. The molecular formula is C21H22BrN5S. The molecule has 0 amide bonds.